The van der Waals surface area contributed by atoms with E-state index in [0.29, 0.717) is 32.1 Å². The van der Waals surface area contributed by atoms with Crippen LogP contribution in [0.15, 0.2) is 101 Å². The summed E-state index contributed by atoms with van der Waals surface area (Å²) >= 11 is 0. The second kappa shape index (κ2) is 18.6. The van der Waals surface area contributed by atoms with E-state index in [9.17, 15) is 27.6 Å². The Morgan fingerprint density at radius 2 is 1.30 bits per heavy atom. The highest BCUT2D eigenvalue weighted by molar-refractivity contribution is 7.89. The molecule has 2 fully saturated rings. The molecular weight excluding hydrogens is 699 g/mol. The standard InChI is InChI=1S/C39H47N5O8S/c1-28(2)25-32(42-53(49,50)31-19-10-5-11-20-31)36(46)43-24-14-22-33(43)35(45)34-21-12-13-23-44(34)37(40-38(47)51-26-29-15-6-3-7-16-29)41-39(48)52-27-30-17-8-4-9-18-30/h3-11,15-20,28,32-34,42H,12-14,21-27H2,1-2H3,(H,40,41,47,48)/t32-,33+,34?/m1/s1. The number of benzene rings is 3. The van der Waals surface area contributed by atoms with Gasteiger partial charge in [-0.3, -0.25) is 14.9 Å². The first kappa shape index (κ1) is 39.1. The van der Waals surface area contributed by atoms with Gasteiger partial charge in [-0.25, -0.2) is 18.0 Å². The summed E-state index contributed by atoms with van der Waals surface area (Å²) in [6.45, 7) is 4.27. The molecule has 2 aliphatic rings. The van der Waals surface area contributed by atoms with E-state index >= 15 is 0 Å². The number of amides is 3. The minimum Gasteiger partial charge on any atom is -0.444 e. The average molecular weight is 746 g/mol. The van der Waals surface area contributed by atoms with Crippen molar-refractivity contribution in [3.8, 4) is 0 Å². The number of sulfonamides is 1. The number of guanidine groups is 1. The van der Waals surface area contributed by atoms with E-state index in [1.165, 1.54) is 17.0 Å². The molecule has 0 radical (unpaired) electrons. The predicted octanol–water partition coefficient (Wildman–Crippen LogP) is 5.41. The monoisotopic (exact) mass is 745 g/mol. The molecule has 53 heavy (non-hydrogen) atoms. The van der Waals surface area contributed by atoms with Gasteiger partial charge >= 0.3 is 12.2 Å². The molecule has 3 amide bonds. The number of likely N-dealkylation sites (tertiary alicyclic amines) is 2. The number of carbonyl (C=O) groups is 4. The second-order valence-corrected chi connectivity index (χ2v) is 15.3. The van der Waals surface area contributed by atoms with Crippen molar-refractivity contribution >= 4 is 39.9 Å². The Morgan fingerprint density at radius 3 is 1.92 bits per heavy atom. The summed E-state index contributed by atoms with van der Waals surface area (Å²) in [6, 6.07) is 23.2. The van der Waals surface area contributed by atoms with Crippen molar-refractivity contribution in [3.05, 3.63) is 102 Å². The summed E-state index contributed by atoms with van der Waals surface area (Å²) in [7, 11) is -4.03. The topological polar surface area (TPSA) is 164 Å². The highest BCUT2D eigenvalue weighted by Crippen LogP contribution is 2.27. The number of aliphatic imine (C=N–C) groups is 1. The number of hydrogen-bond donors (Lipinski definition) is 2. The lowest BCUT2D eigenvalue weighted by Gasteiger charge is -2.39. The fourth-order valence-corrected chi connectivity index (χ4v) is 7.83. The van der Waals surface area contributed by atoms with Crippen LogP contribution < -0.4 is 10.0 Å². The number of carbonyl (C=O) groups excluding carboxylic acids is 4. The van der Waals surface area contributed by atoms with E-state index in [2.05, 4.69) is 15.0 Å². The van der Waals surface area contributed by atoms with Gasteiger partial charge in [0, 0.05) is 13.1 Å². The SMILES string of the molecule is CC(C)C[C@@H](NS(=O)(=O)c1ccccc1)C(=O)N1CCC[C@H]1C(=O)C1CCCCN1C(=NC(=O)OCc1ccccc1)NC(=O)OCc1ccccc1. The number of alkyl carbamates (subject to hydrolysis) is 1. The van der Waals surface area contributed by atoms with Gasteiger partial charge in [0.1, 0.15) is 19.3 Å². The first-order valence-electron chi connectivity index (χ1n) is 18.0. The largest absolute Gasteiger partial charge is 0.444 e. The van der Waals surface area contributed by atoms with Gasteiger partial charge in [0.25, 0.3) is 0 Å². The van der Waals surface area contributed by atoms with Crippen LogP contribution in [-0.4, -0.2) is 79.3 Å². The van der Waals surface area contributed by atoms with E-state index in [1.54, 1.807) is 47.4 Å². The minimum atomic E-state index is -4.03. The number of nitrogens with zero attached hydrogens (tertiary/aromatic N) is 3. The van der Waals surface area contributed by atoms with Gasteiger partial charge in [0.05, 0.1) is 17.0 Å². The molecule has 3 aromatic rings. The van der Waals surface area contributed by atoms with Gasteiger partial charge in [-0.2, -0.15) is 4.72 Å². The number of rotatable bonds is 12. The van der Waals surface area contributed by atoms with Gasteiger partial charge in [-0.05, 0) is 67.7 Å². The van der Waals surface area contributed by atoms with Crippen molar-refractivity contribution in [2.75, 3.05) is 13.1 Å². The van der Waals surface area contributed by atoms with Crippen molar-refractivity contribution < 1.29 is 37.1 Å². The summed E-state index contributed by atoms with van der Waals surface area (Å²) in [5.41, 5.74) is 1.49. The zero-order valence-electron chi connectivity index (χ0n) is 30.1. The van der Waals surface area contributed by atoms with Crippen LogP contribution in [0.2, 0.25) is 0 Å². The fraction of sp³-hybridized carbons (Fsp3) is 0.410. The zero-order valence-corrected chi connectivity index (χ0v) is 30.9. The maximum absolute atomic E-state index is 14.5. The smallest absolute Gasteiger partial charge is 0.437 e. The highest BCUT2D eigenvalue weighted by Gasteiger charge is 2.43. The number of piperidine rings is 1. The van der Waals surface area contributed by atoms with Crippen LogP contribution in [0.3, 0.4) is 0 Å². The molecule has 0 saturated carbocycles. The highest BCUT2D eigenvalue weighted by atomic mass is 32.2. The Labute approximate surface area is 310 Å². The second-order valence-electron chi connectivity index (χ2n) is 13.6. The van der Waals surface area contributed by atoms with Gasteiger partial charge < -0.3 is 19.3 Å². The minimum absolute atomic E-state index is 0.0267. The molecule has 0 spiro atoms. The van der Waals surface area contributed by atoms with Crippen LogP contribution >= 0.6 is 0 Å². The molecule has 0 aromatic heterocycles. The lowest BCUT2D eigenvalue weighted by Crippen LogP contribution is -2.59. The Hall–Kier alpha value is -5.08. The first-order chi connectivity index (χ1) is 25.5. The molecule has 0 bridgehead atoms. The molecule has 282 valence electrons. The lowest BCUT2D eigenvalue weighted by atomic mass is 9.93. The molecular formula is C39H47N5O8S. The summed E-state index contributed by atoms with van der Waals surface area (Å²) in [4.78, 5) is 62.0. The van der Waals surface area contributed by atoms with E-state index in [0.717, 1.165) is 11.1 Å². The third kappa shape index (κ3) is 11.0. The molecule has 14 heteroatoms. The number of hydrogen-bond acceptors (Lipinski definition) is 8. The molecule has 2 saturated heterocycles. The Balaban J connectivity index is 1.36. The van der Waals surface area contributed by atoms with Crippen molar-refractivity contribution in [3.63, 3.8) is 0 Å². The first-order valence-corrected chi connectivity index (χ1v) is 19.5. The third-order valence-corrected chi connectivity index (χ3v) is 10.6. The number of Topliss-reactive ketones (excluding diaryl/α,β-unsaturated/α-hetero) is 1. The van der Waals surface area contributed by atoms with Crippen molar-refractivity contribution in [1.82, 2.24) is 19.8 Å². The quantitative estimate of drug-likeness (QED) is 0.182. The van der Waals surface area contributed by atoms with Crippen LogP contribution in [0.5, 0.6) is 0 Å². The molecule has 2 aliphatic heterocycles. The average Bonchev–Trinajstić information content (AvgIpc) is 3.66. The van der Waals surface area contributed by atoms with Gasteiger partial charge in [0.15, 0.2) is 5.78 Å². The summed E-state index contributed by atoms with van der Waals surface area (Å²) in [5.74, 6) is -0.975. The van der Waals surface area contributed by atoms with Crippen LogP contribution in [0.25, 0.3) is 0 Å². The van der Waals surface area contributed by atoms with Crippen molar-refractivity contribution in [2.45, 2.75) is 88.6 Å². The maximum Gasteiger partial charge on any atom is 0.437 e. The van der Waals surface area contributed by atoms with Crippen LogP contribution in [0, 0.1) is 5.92 Å². The molecule has 3 aromatic carbocycles. The molecule has 5 rings (SSSR count). The number of ketones is 1. The van der Waals surface area contributed by atoms with Crippen LogP contribution in [0.4, 0.5) is 9.59 Å². The van der Waals surface area contributed by atoms with Crippen LogP contribution in [0.1, 0.15) is 63.5 Å². The maximum atomic E-state index is 14.5. The molecule has 2 N–H and O–H groups in total. The van der Waals surface area contributed by atoms with Crippen LogP contribution in [-0.2, 0) is 42.3 Å². The van der Waals surface area contributed by atoms with E-state index in [-0.39, 0.29) is 55.3 Å². The molecule has 13 nitrogen and oxygen atoms in total. The lowest BCUT2D eigenvalue weighted by molar-refractivity contribution is -0.141. The van der Waals surface area contributed by atoms with Gasteiger partial charge in [0.2, 0.25) is 21.9 Å². The number of nitrogens with one attached hydrogen (secondary N) is 2. The van der Waals surface area contributed by atoms with Crippen molar-refractivity contribution in [1.29, 1.82) is 0 Å². The van der Waals surface area contributed by atoms with Gasteiger partial charge in [-0.1, -0.05) is 92.7 Å². The molecule has 1 unspecified atom stereocenters. The Morgan fingerprint density at radius 1 is 0.755 bits per heavy atom. The Bertz CT molecular complexity index is 1840. The third-order valence-electron chi connectivity index (χ3n) is 9.15. The van der Waals surface area contributed by atoms with E-state index in [1.807, 2.05) is 50.2 Å². The van der Waals surface area contributed by atoms with Crippen molar-refractivity contribution in [2.24, 2.45) is 10.9 Å². The van der Waals surface area contributed by atoms with Gasteiger partial charge in [-0.15, -0.1) is 4.99 Å². The number of ether oxygens (including phenoxy) is 2. The molecule has 3 atom stereocenters. The zero-order chi connectivity index (χ0) is 37.8. The summed E-state index contributed by atoms with van der Waals surface area (Å²) < 4.78 is 40.0. The predicted molar refractivity (Wildman–Crippen MR) is 198 cm³/mol. The normalized spacial score (nSPS) is 18.4. The van der Waals surface area contributed by atoms with E-state index < -0.39 is 46.2 Å². The summed E-state index contributed by atoms with van der Waals surface area (Å²) in [5, 5.41) is 2.58. The summed E-state index contributed by atoms with van der Waals surface area (Å²) in [6.07, 6.45) is 1.03. The van der Waals surface area contributed by atoms with E-state index in [4.69, 9.17) is 9.47 Å². The molecule has 2 heterocycles. The Kier molecular flexibility index (Phi) is 13.7. The fourth-order valence-electron chi connectivity index (χ4n) is 6.61. The molecule has 0 aliphatic carbocycles.